The maximum absolute atomic E-state index is 11.4. The van der Waals surface area contributed by atoms with Crippen molar-refractivity contribution < 1.29 is 19.0 Å². The number of methoxy groups -OCH3 is 3. The monoisotopic (exact) mass is 288 g/mol. The van der Waals surface area contributed by atoms with E-state index in [4.69, 9.17) is 9.47 Å². The van der Waals surface area contributed by atoms with Gasteiger partial charge in [0.05, 0.1) is 32.6 Å². The van der Waals surface area contributed by atoms with Crippen LogP contribution in [0, 0.1) is 0 Å². The Morgan fingerprint density at radius 2 is 2.16 bits per heavy atom. The fourth-order valence-corrected chi connectivity index (χ4v) is 2.58. The molecule has 0 saturated heterocycles. The van der Waals surface area contributed by atoms with Gasteiger partial charge in [-0.2, -0.15) is 0 Å². The molecule has 0 aliphatic heterocycles. The third-order valence-corrected chi connectivity index (χ3v) is 3.62. The molecule has 0 N–H and O–H groups in total. The Hall–Kier alpha value is -1.18. The normalized spacial score (nSPS) is 12.2. The maximum Gasteiger partial charge on any atom is 0.349 e. The second-order valence-corrected chi connectivity index (χ2v) is 5.00. The summed E-state index contributed by atoms with van der Waals surface area (Å²) in [5.74, 6) is -0.366. The van der Waals surface area contributed by atoms with E-state index in [2.05, 4.69) is 14.6 Å². The second-order valence-electron chi connectivity index (χ2n) is 3.99. The summed E-state index contributed by atoms with van der Waals surface area (Å²) in [4.78, 5) is 18.3. The molecule has 0 aromatic carbocycles. The first-order chi connectivity index (χ1) is 9.13. The lowest BCUT2D eigenvalue weighted by molar-refractivity contribution is 0.0606. The van der Waals surface area contributed by atoms with Crippen LogP contribution >= 0.6 is 11.3 Å². The minimum absolute atomic E-state index is 0.150. The SMILES string of the molecule is COCCN(c1ncc(C(=O)OC)s1)C(C)COC. The first-order valence-electron chi connectivity index (χ1n) is 5.92. The average molecular weight is 288 g/mol. The van der Waals surface area contributed by atoms with Crippen LogP contribution in [0.15, 0.2) is 6.20 Å². The van der Waals surface area contributed by atoms with Gasteiger partial charge in [0.25, 0.3) is 0 Å². The fraction of sp³-hybridized carbons (Fsp3) is 0.667. The van der Waals surface area contributed by atoms with Crippen LogP contribution in [0.3, 0.4) is 0 Å². The third kappa shape index (κ3) is 4.45. The van der Waals surface area contributed by atoms with Gasteiger partial charge in [-0.1, -0.05) is 11.3 Å². The summed E-state index contributed by atoms with van der Waals surface area (Å²) in [5.41, 5.74) is 0. The summed E-state index contributed by atoms with van der Waals surface area (Å²) >= 11 is 1.31. The van der Waals surface area contributed by atoms with Crippen LogP contribution in [0.5, 0.6) is 0 Å². The van der Waals surface area contributed by atoms with Crippen LogP contribution in [0.4, 0.5) is 5.13 Å². The zero-order valence-electron chi connectivity index (χ0n) is 11.7. The Labute approximate surface area is 117 Å². The molecule has 0 aliphatic rings. The number of ether oxygens (including phenoxy) is 3. The number of hydrogen-bond donors (Lipinski definition) is 0. The van der Waals surface area contributed by atoms with E-state index < -0.39 is 0 Å². The van der Waals surface area contributed by atoms with Crippen LogP contribution in [0.2, 0.25) is 0 Å². The molecule has 0 radical (unpaired) electrons. The lowest BCUT2D eigenvalue weighted by Gasteiger charge is -2.28. The van der Waals surface area contributed by atoms with Gasteiger partial charge in [0.2, 0.25) is 0 Å². The number of aromatic nitrogens is 1. The number of carbonyl (C=O) groups is 1. The molecule has 1 heterocycles. The number of rotatable bonds is 8. The van der Waals surface area contributed by atoms with Crippen molar-refractivity contribution in [2.24, 2.45) is 0 Å². The zero-order valence-corrected chi connectivity index (χ0v) is 12.5. The molecule has 1 aromatic rings. The van der Waals surface area contributed by atoms with Crippen LogP contribution in [-0.2, 0) is 14.2 Å². The second kappa shape index (κ2) is 8.08. The van der Waals surface area contributed by atoms with Crippen molar-refractivity contribution in [3.8, 4) is 0 Å². The summed E-state index contributed by atoms with van der Waals surface area (Å²) in [5, 5.41) is 0.766. The van der Waals surface area contributed by atoms with E-state index in [1.807, 2.05) is 6.92 Å². The maximum atomic E-state index is 11.4. The summed E-state index contributed by atoms with van der Waals surface area (Å²) in [6.45, 7) is 3.89. The van der Waals surface area contributed by atoms with Gasteiger partial charge in [0, 0.05) is 20.8 Å². The van der Waals surface area contributed by atoms with E-state index in [0.717, 1.165) is 5.13 Å². The minimum Gasteiger partial charge on any atom is -0.465 e. The smallest absolute Gasteiger partial charge is 0.349 e. The first-order valence-corrected chi connectivity index (χ1v) is 6.74. The quantitative estimate of drug-likeness (QED) is 0.674. The Kier molecular flexibility index (Phi) is 6.75. The topological polar surface area (TPSA) is 60.9 Å². The molecule has 19 heavy (non-hydrogen) atoms. The Balaban J connectivity index is 2.84. The molecule has 1 atom stereocenters. The van der Waals surface area contributed by atoms with Gasteiger partial charge in [-0.15, -0.1) is 0 Å². The average Bonchev–Trinajstić information content (AvgIpc) is 2.88. The van der Waals surface area contributed by atoms with Crippen molar-refractivity contribution >= 4 is 22.4 Å². The summed E-state index contributed by atoms with van der Waals surface area (Å²) in [6, 6.07) is 0.150. The van der Waals surface area contributed by atoms with Gasteiger partial charge in [0.15, 0.2) is 5.13 Å². The van der Waals surface area contributed by atoms with Crippen molar-refractivity contribution in [3.63, 3.8) is 0 Å². The summed E-state index contributed by atoms with van der Waals surface area (Å²) < 4.78 is 14.9. The van der Waals surface area contributed by atoms with E-state index in [-0.39, 0.29) is 12.0 Å². The van der Waals surface area contributed by atoms with E-state index in [1.165, 1.54) is 24.6 Å². The molecule has 1 unspecified atom stereocenters. The fourth-order valence-electron chi connectivity index (χ4n) is 1.62. The minimum atomic E-state index is -0.366. The van der Waals surface area contributed by atoms with E-state index in [9.17, 15) is 4.79 Å². The standard InChI is InChI=1S/C12H20N2O4S/c1-9(8-17-3)14(5-6-16-2)12-13-7-10(19-12)11(15)18-4/h7,9H,5-6,8H2,1-4H3. The highest BCUT2D eigenvalue weighted by Gasteiger charge is 2.19. The Morgan fingerprint density at radius 3 is 2.74 bits per heavy atom. The molecule has 6 nitrogen and oxygen atoms in total. The third-order valence-electron chi connectivity index (χ3n) is 2.60. The predicted octanol–water partition coefficient (Wildman–Crippen LogP) is 1.42. The van der Waals surface area contributed by atoms with Gasteiger partial charge in [-0.05, 0) is 6.92 Å². The number of anilines is 1. The number of carbonyl (C=O) groups excluding carboxylic acids is 1. The van der Waals surface area contributed by atoms with Gasteiger partial charge in [-0.25, -0.2) is 9.78 Å². The van der Waals surface area contributed by atoms with Crippen LogP contribution in [0.1, 0.15) is 16.6 Å². The van der Waals surface area contributed by atoms with Gasteiger partial charge in [0.1, 0.15) is 4.88 Å². The molecule has 1 rings (SSSR count). The highest BCUT2D eigenvalue weighted by molar-refractivity contribution is 7.17. The van der Waals surface area contributed by atoms with Gasteiger partial charge < -0.3 is 19.1 Å². The number of esters is 1. The molecule has 0 bridgehead atoms. The van der Waals surface area contributed by atoms with Crippen molar-refractivity contribution in [1.82, 2.24) is 4.98 Å². The van der Waals surface area contributed by atoms with E-state index in [1.54, 1.807) is 14.2 Å². The van der Waals surface area contributed by atoms with Crippen LogP contribution in [-0.4, -0.2) is 58.1 Å². The molecule has 0 fully saturated rings. The predicted molar refractivity (Wildman–Crippen MR) is 74.0 cm³/mol. The molecule has 0 saturated carbocycles. The van der Waals surface area contributed by atoms with Crippen molar-refractivity contribution in [1.29, 1.82) is 0 Å². The largest absolute Gasteiger partial charge is 0.465 e. The highest BCUT2D eigenvalue weighted by Crippen LogP contribution is 2.24. The molecule has 1 aromatic heterocycles. The molecule has 0 aliphatic carbocycles. The van der Waals surface area contributed by atoms with Crippen molar-refractivity contribution in [3.05, 3.63) is 11.1 Å². The Morgan fingerprint density at radius 1 is 1.42 bits per heavy atom. The number of nitrogens with zero attached hydrogens (tertiary/aromatic N) is 2. The van der Waals surface area contributed by atoms with Crippen molar-refractivity contribution in [2.45, 2.75) is 13.0 Å². The lowest BCUT2D eigenvalue weighted by Crippen LogP contribution is -2.38. The van der Waals surface area contributed by atoms with Gasteiger partial charge in [-0.3, -0.25) is 0 Å². The molecule has 0 amide bonds. The van der Waals surface area contributed by atoms with Gasteiger partial charge >= 0.3 is 5.97 Å². The summed E-state index contributed by atoms with van der Waals surface area (Å²) in [7, 11) is 4.67. The van der Waals surface area contributed by atoms with Crippen molar-refractivity contribution in [2.75, 3.05) is 46.0 Å². The van der Waals surface area contributed by atoms with Crippen LogP contribution < -0.4 is 4.90 Å². The lowest BCUT2D eigenvalue weighted by atomic mass is 10.3. The molecular weight excluding hydrogens is 268 g/mol. The summed E-state index contributed by atoms with van der Waals surface area (Å²) in [6.07, 6.45) is 1.53. The van der Waals surface area contributed by atoms with E-state index >= 15 is 0 Å². The molecule has 7 heteroatoms. The first kappa shape index (κ1) is 15.9. The van der Waals surface area contributed by atoms with Crippen LogP contribution in [0.25, 0.3) is 0 Å². The molecule has 0 spiro atoms. The Bertz CT molecular complexity index is 397. The van der Waals surface area contributed by atoms with E-state index in [0.29, 0.717) is 24.6 Å². The zero-order chi connectivity index (χ0) is 14.3. The number of hydrogen-bond acceptors (Lipinski definition) is 7. The number of thiazole rings is 1. The highest BCUT2D eigenvalue weighted by atomic mass is 32.1. The molecular formula is C12H20N2O4S. The molecule has 108 valence electrons.